The number of ketones is 1. The third-order valence-corrected chi connectivity index (χ3v) is 2.83. The summed E-state index contributed by atoms with van der Waals surface area (Å²) in [5.41, 5.74) is -0.487. The van der Waals surface area contributed by atoms with Crippen LogP contribution in [0.1, 0.15) is 29.5 Å². The summed E-state index contributed by atoms with van der Waals surface area (Å²) in [6, 6.07) is 3.40. The molecule has 0 aliphatic carbocycles. The molecule has 0 fully saturated rings. The molecule has 1 aromatic heterocycles. The Morgan fingerprint density at radius 2 is 2.00 bits per heavy atom. The van der Waals surface area contributed by atoms with Gasteiger partial charge in [-0.2, -0.15) is 0 Å². The van der Waals surface area contributed by atoms with Crippen LogP contribution in [0.2, 0.25) is 0 Å². The molecule has 0 atom stereocenters. The van der Waals surface area contributed by atoms with Crippen LogP contribution < -0.4 is 0 Å². The summed E-state index contributed by atoms with van der Waals surface area (Å²) in [4.78, 5) is 16.1. The lowest BCUT2D eigenvalue weighted by Gasteiger charge is -2.07. The molecule has 0 bridgehead atoms. The molecule has 0 spiro atoms. The zero-order chi connectivity index (χ0) is 13.8. The van der Waals surface area contributed by atoms with Gasteiger partial charge >= 0.3 is 0 Å². The molecular weight excluding hydrogens is 250 g/mol. The van der Waals surface area contributed by atoms with Gasteiger partial charge in [0.05, 0.1) is 12.1 Å². The lowest BCUT2D eigenvalue weighted by atomic mass is 10.1. The van der Waals surface area contributed by atoms with Crippen molar-refractivity contribution in [2.75, 3.05) is 0 Å². The highest BCUT2D eigenvalue weighted by molar-refractivity contribution is 5.96. The average molecular weight is 264 g/mol. The maximum Gasteiger partial charge on any atom is 0.188 e. The van der Waals surface area contributed by atoms with Gasteiger partial charge in [-0.1, -0.05) is 13.0 Å². The monoisotopic (exact) mass is 264 g/mol. The van der Waals surface area contributed by atoms with E-state index in [1.165, 1.54) is 6.07 Å². The third-order valence-electron chi connectivity index (χ3n) is 2.83. The van der Waals surface area contributed by atoms with Crippen molar-refractivity contribution in [2.24, 2.45) is 0 Å². The smallest absolute Gasteiger partial charge is 0.188 e. The minimum Gasteiger partial charge on any atom is -0.327 e. The summed E-state index contributed by atoms with van der Waals surface area (Å²) in [6.45, 7) is 1.89. The molecule has 0 unspecified atom stereocenters. The van der Waals surface area contributed by atoms with E-state index in [9.17, 15) is 13.6 Å². The standard InChI is InChI=1S/C14H14F2N2O/c1-2-4-13-17-7-8-18(13)9-12(19)14-10(15)5-3-6-11(14)16/h3,5-8H,2,4,9H2,1H3. The predicted octanol–water partition coefficient (Wildman–Crippen LogP) is 3.00. The highest BCUT2D eigenvalue weighted by Crippen LogP contribution is 2.14. The van der Waals surface area contributed by atoms with E-state index in [-0.39, 0.29) is 6.54 Å². The molecule has 1 heterocycles. The topological polar surface area (TPSA) is 34.9 Å². The summed E-state index contributed by atoms with van der Waals surface area (Å²) in [5.74, 6) is -1.51. The van der Waals surface area contributed by atoms with Crippen molar-refractivity contribution >= 4 is 5.78 Å². The minimum atomic E-state index is -0.831. The van der Waals surface area contributed by atoms with Crippen molar-refractivity contribution in [1.29, 1.82) is 0 Å². The Morgan fingerprint density at radius 1 is 1.32 bits per heavy atom. The Kier molecular flexibility index (Phi) is 4.04. The quantitative estimate of drug-likeness (QED) is 0.778. The maximum absolute atomic E-state index is 13.5. The van der Waals surface area contributed by atoms with Crippen molar-refractivity contribution in [1.82, 2.24) is 9.55 Å². The summed E-state index contributed by atoms with van der Waals surface area (Å²) in [6.07, 6.45) is 4.83. The molecule has 2 aromatic rings. The molecule has 3 nitrogen and oxygen atoms in total. The van der Waals surface area contributed by atoms with Crippen molar-refractivity contribution in [3.05, 3.63) is 53.6 Å². The summed E-state index contributed by atoms with van der Waals surface area (Å²) in [7, 11) is 0. The highest BCUT2D eigenvalue weighted by atomic mass is 19.1. The van der Waals surface area contributed by atoms with Crippen LogP contribution in [0.5, 0.6) is 0 Å². The van der Waals surface area contributed by atoms with Crippen molar-refractivity contribution < 1.29 is 13.6 Å². The van der Waals surface area contributed by atoms with Gasteiger partial charge in [-0.3, -0.25) is 4.79 Å². The zero-order valence-corrected chi connectivity index (χ0v) is 10.6. The molecule has 0 amide bonds. The van der Waals surface area contributed by atoms with Gasteiger partial charge in [0.25, 0.3) is 0 Å². The van der Waals surface area contributed by atoms with Crippen LogP contribution in [0.3, 0.4) is 0 Å². The van der Waals surface area contributed by atoms with Crippen LogP contribution in [-0.2, 0) is 13.0 Å². The number of imidazole rings is 1. The first-order chi connectivity index (χ1) is 9.13. The van der Waals surface area contributed by atoms with E-state index in [0.29, 0.717) is 0 Å². The molecule has 0 radical (unpaired) electrons. The number of nitrogens with zero attached hydrogens (tertiary/aromatic N) is 2. The fourth-order valence-electron chi connectivity index (χ4n) is 1.93. The van der Waals surface area contributed by atoms with E-state index in [0.717, 1.165) is 30.8 Å². The molecule has 0 N–H and O–H groups in total. The van der Waals surface area contributed by atoms with E-state index in [1.807, 2.05) is 6.92 Å². The normalized spacial score (nSPS) is 10.7. The Morgan fingerprint density at radius 3 is 2.63 bits per heavy atom. The number of carbonyl (C=O) groups is 1. The van der Waals surface area contributed by atoms with Crippen LogP contribution in [0.25, 0.3) is 0 Å². The van der Waals surface area contributed by atoms with Gasteiger partial charge in [0, 0.05) is 18.8 Å². The molecule has 1 aromatic carbocycles. The first-order valence-corrected chi connectivity index (χ1v) is 6.10. The molecule has 19 heavy (non-hydrogen) atoms. The summed E-state index contributed by atoms with van der Waals surface area (Å²) < 4.78 is 28.6. The van der Waals surface area contributed by atoms with Crippen LogP contribution in [0.15, 0.2) is 30.6 Å². The number of aryl methyl sites for hydroxylation is 1. The van der Waals surface area contributed by atoms with Crippen molar-refractivity contribution in [3.8, 4) is 0 Å². The lowest BCUT2D eigenvalue weighted by molar-refractivity contribution is 0.0962. The highest BCUT2D eigenvalue weighted by Gasteiger charge is 2.18. The lowest BCUT2D eigenvalue weighted by Crippen LogP contribution is -2.15. The number of halogens is 2. The Balaban J connectivity index is 2.24. The first-order valence-electron chi connectivity index (χ1n) is 6.10. The maximum atomic E-state index is 13.5. The number of hydrogen-bond donors (Lipinski definition) is 0. The van der Waals surface area contributed by atoms with E-state index < -0.39 is 23.0 Å². The van der Waals surface area contributed by atoms with Gasteiger partial charge in [0.15, 0.2) is 5.78 Å². The number of benzene rings is 1. The second-order valence-electron chi connectivity index (χ2n) is 4.24. The van der Waals surface area contributed by atoms with Gasteiger partial charge in [-0.05, 0) is 18.6 Å². The van der Waals surface area contributed by atoms with E-state index >= 15 is 0 Å². The number of rotatable bonds is 5. The van der Waals surface area contributed by atoms with Crippen LogP contribution in [0, 0.1) is 11.6 Å². The molecule has 0 aliphatic heterocycles. The second-order valence-corrected chi connectivity index (χ2v) is 4.24. The van der Waals surface area contributed by atoms with E-state index in [1.54, 1.807) is 17.0 Å². The van der Waals surface area contributed by atoms with Gasteiger partial charge in [-0.25, -0.2) is 13.8 Å². The van der Waals surface area contributed by atoms with Gasteiger partial charge in [0.1, 0.15) is 17.5 Å². The van der Waals surface area contributed by atoms with Gasteiger partial charge in [0.2, 0.25) is 0 Å². The Hall–Kier alpha value is -2.04. The van der Waals surface area contributed by atoms with Crippen LogP contribution in [-0.4, -0.2) is 15.3 Å². The van der Waals surface area contributed by atoms with Crippen molar-refractivity contribution in [3.63, 3.8) is 0 Å². The Labute approximate surface area is 109 Å². The molecule has 0 saturated carbocycles. The molecule has 5 heteroatoms. The van der Waals surface area contributed by atoms with Crippen LogP contribution >= 0.6 is 0 Å². The Bertz CT molecular complexity index is 573. The number of carbonyl (C=O) groups excluding carboxylic acids is 1. The van der Waals surface area contributed by atoms with Gasteiger partial charge in [-0.15, -0.1) is 0 Å². The fraction of sp³-hybridized carbons (Fsp3) is 0.286. The average Bonchev–Trinajstić information content (AvgIpc) is 2.77. The predicted molar refractivity (Wildman–Crippen MR) is 66.9 cm³/mol. The zero-order valence-electron chi connectivity index (χ0n) is 10.6. The fourth-order valence-corrected chi connectivity index (χ4v) is 1.93. The SMILES string of the molecule is CCCc1nccn1CC(=O)c1c(F)cccc1F. The molecule has 0 aliphatic rings. The molecule has 100 valence electrons. The largest absolute Gasteiger partial charge is 0.327 e. The summed E-state index contributed by atoms with van der Waals surface area (Å²) >= 11 is 0. The summed E-state index contributed by atoms with van der Waals surface area (Å²) in [5, 5.41) is 0. The molecule has 2 rings (SSSR count). The van der Waals surface area contributed by atoms with Crippen LogP contribution in [0.4, 0.5) is 8.78 Å². The third kappa shape index (κ3) is 2.86. The first kappa shape index (κ1) is 13.4. The number of aromatic nitrogens is 2. The second kappa shape index (κ2) is 5.73. The number of Topliss-reactive ketones (excluding diaryl/α,β-unsaturated/α-hetero) is 1. The number of hydrogen-bond acceptors (Lipinski definition) is 2. The molecular formula is C14H14F2N2O. The van der Waals surface area contributed by atoms with Gasteiger partial charge < -0.3 is 4.57 Å². The van der Waals surface area contributed by atoms with E-state index in [2.05, 4.69) is 4.98 Å². The van der Waals surface area contributed by atoms with E-state index in [4.69, 9.17) is 0 Å². The minimum absolute atomic E-state index is 0.104. The molecule has 0 saturated heterocycles. The van der Waals surface area contributed by atoms with Crippen molar-refractivity contribution in [2.45, 2.75) is 26.3 Å².